The Morgan fingerprint density at radius 2 is 0.732 bits per heavy atom. The SMILES string of the molecule is CCCCCCCCCCCCCC(=O)NCC(NC(=O)CCCCCCCCCCCCC)C(=O)NCCCC(=O)N[C@@H](CC(=O)O)C(=O)N[C@@H](Cc1ccc(O)cc1)C(=O)N[C@@H](CCC(=O)O)C(=O)N[C@H](C(=O)N[C@@H](CCC(=O)O)C(=O)N[C@@H](CCC(N)=O)C(=O)N[C@@H](C)C(=O)N[C@@H](CS)C(=O)N[C@H](C(=O)N[C@@H](CC(N)=O)C(=O)O)[C@@H](C)O)C(C)C. The number of aliphatic hydroxyl groups excluding tert-OH is 1. The second-order valence-corrected chi connectivity index (χ2v) is 31.5. The van der Waals surface area contributed by atoms with Gasteiger partial charge in [-0.25, -0.2) is 4.79 Å². The molecule has 0 spiro atoms. The number of aliphatic carboxylic acids is 4. The van der Waals surface area contributed by atoms with Crippen molar-refractivity contribution in [3.63, 3.8) is 0 Å². The summed E-state index contributed by atoms with van der Waals surface area (Å²) >= 11 is 4.05. The van der Waals surface area contributed by atoms with E-state index in [1.54, 1.807) is 0 Å². The van der Waals surface area contributed by atoms with Gasteiger partial charge < -0.3 is 111 Å². The van der Waals surface area contributed by atoms with Crippen LogP contribution in [0.25, 0.3) is 0 Å². The van der Waals surface area contributed by atoms with Crippen LogP contribution in [-0.2, 0) is 97.5 Å². The van der Waals surface area contributed by atoms with E-state index in [0.29, 0.717) is 12.8 Å². The number of rotatable bonds is 70. The molecule has 23 N–H and O–H groups in total. The molecule has 0 heterocycles. The van der Waals surface area contributed by atoms with Crippen molar-refractivity contribution >= 4 is 125 Å². The first-order valence-electron chi connectivity index (χ1n) is 42.6. The Labute approximate surface area is 723 Å². The van der Waals surface area contributed by atoms with E-state index in [0.717, 1.165) is 71.6 Å². The number of benzene rings is 1. The molecule has 12 atom stereocenters. The van der Waals surface area contributed by atoms with E-state index < -0.39 is 255 Å². The van der Waals surface area contributed by atoms with Crippen molar-refractivity contribution in [2.75, 3.05) is 18.8 Å². The maximum absolute atomic E-state index is 14.6. The smallest absolute Gasteiger partial charge is 0.326 e. The number of carbonyl (C=O) groups excluding carboxylic acids is 15. The van der Waals surface area contributed by atoms with E-state index in [-0.39, 0.29) is 49.6 Å². The minimum absolute atomic E-state index is 0.0950. The molecule has 1 aromatic rings. The summed E-state index contributed by atoms with van der Waals surface area (Å²) in [5.74, 6) is -23.3. The molecule has 0 aliphatic heterocycles. The van der Waals surface area contributed by atoms with Crippen molar-refractivity contribution in [3.8, 4) is 5.75 Å². The molecular weight excluding hydrogens is 1630 g/mol. The van der Waals surface area contributed by atoms with Gasteiger partial charge in [0.05, 0.1) is 18.9 Å². The molecule has 0 radical (unpaired) electrons. The van der Waals surface area contributed by atoms with Gasteiger partial charge in [0.1, 0.15) is 72.2 Å². The number of hydrogen-bond acceptors (Lipinski definition) is 22. The van der Waals surface area contributed by atoms with E-state index >= 15 is 0 Å². The Hall–Kier alpha value is -10.7. The first kappa shape index (κ1) is 110. The third kappa shape index (κ3) is 50.4. The Kier molecular flexibility index (Phi) is 56.7. The van der Waals surface area contributed by atoms with Crippen LogP contribution in [0.1, 0.15) is 265 Å². The topological polar surface area (TPSA) is 654 Å². The van der Waals surface area contributed by atoms with Crippen LogP contribution in [0, 0.1) is 5.92 Å². The van der Waals surface area contributed by atoms with E-state index in [1.165, 1.54) is 109 Å². The van der Waals surface area contributed by atoms with Gasteiger partial charge in [-0.15, -0.1) is 0 Å². The number of aromatic hydroxyl groups is 1. The van der Waals surface area contributed by atoms with Crippen molar-refractivity contribution in [3.05, 3.63) is 29.8 Å². The number of thiol groups is 1. The Balaban J connectivity index is 3.45. The maximum Gasteiger partial charge on any atom is 0.326 e. The Morgan fingerprint density at radius 1 is 0.350 bits per heavy atom. The van der Waals surface area contributed by atoms with E-state index in [2.05, 4.69) is 90.3 Å². The minimum Gasteiger partial charge on any atom is -0.508 e. The lowest BCUT2D eigenvalue weighted by atomic mass is 10.00. The van der Waals surface area contributed by atoms with Crippen molar-refractivity contribution in [1.82, 2.24) is 69.1 Å². The fourth-order valence-electron chi connectivity index (χ4n) is 12.7. The molecule has 40 nitrogen and oxygen atoms in total. The second kappa shape index (κ2) is 63.2. The molecule has 0 aliphatic rings. The third-order valence-corrected chi connectivity index (χ3v) is 20.2. The summed E-state index contributed by atoms with van der Waals surface area (Å²) < 4.78 is 0. The van der Waals surface area contributed by atoms with Gasteiger partial charge in [-0.3, -0.25) is 86.3 Å². The van der Waals surface area contributed by atoms with Gasteiger partial charge in [0.15, 0.2) is 0 Å². The molecule has 1 unspecified atom stereocenters. The molecule has 0 aromatic heterocycles. The maximum atomic E-state index is 14.6. The van der Waals surface area contributed by atoms with Crippen molar-refractivity contribution in [2.45, 2.75) is 339 Å². The lowest BCUT2D eigenvalue weighted by Crippen LogP contribution is -2.61. The largest absolute Gasteiger partial charge is 0.508 e. The normalized spacial score (nSPS) is 14.0. The van der Waals surface area contributed by atoms with Crippen LogP contribution < -0.4 is 80.6 Å². The number of hydrogen-bond donors (Lipinski definition) is 22. The molecule has 0 bridgehead atoms. The van der Waals surface area contributed by atoms with Gasteiger partial charge in [-0.05, 0) is 76.0 Å². The zero-order valence-corrected chi connectivity index (χ0v) is 72.6. The van der Waals surface area contributed by atoms with Gasteiger partial charge in [-0.1, -0.05) is 168 Å². The van der Waals surface area contributed by atoms with E-state index in [1.807, 2.05) is 5.32 Å². The number of unbranched alkanes of at least 4 members (excludes halogenated alkanes) is 20. The van der Waals surface area contributed by atoms with Gasteiger partial charge in [0.25, 0.3) is 0 Å². The molecule has 41 heteroatoms. The highest BCUT2D eigenvalue weighted by atomic mass is 32.1. The number of nitrogens with two attached hydrogens (primary N) is 2. The summed E-state index contributed by atoms with van der Waals surface area (Å²) in [6.45, 7) is 8.89. The van der Waals surface area contributed by atoms with E-state index in [9.17, 15) is 122 Å². The van der Waals surface area contributed by atoms with Crippen LogP contribution in [0.2, 0.25) is 0 Å². The molecule has 1 aromatic carbocycles. The molecule has 0 fully saturated rings. The van der Waals surface area contributed by atoms with Crippen LogP contribution in [0.4, 0.5) is 0 Å². The fraction of sp³-hybridized carbons (Fsp3) is 0.695. The molecular formula is C82H135N15O25S. The number of carboxylic acids is 4. The highest BCUT2D eigenvalue weighted by Crippen LogP contribution is 2.18. The number of nitrogens with one attached hydrogen (secondary N) is 13. The van der Waals surface area contributed by atoms with E-state index in [4.69, 9.17) is 11.5 Å². The number of carboxylic acid groups (broad SMARTS) is 4. The monoisotopic (exact) mass is 1760 g/mol. The Bertz CT molecular complexity index is 3570. The van der Waals surface area contributed by atoms with Crippen molar-refractivity contribution in [1.29, 1.82) is 0 Å². The van der Waals surface area contributed by atoms with Gasteiger partial charge >= 0.3 is 23.9 Å². The number of aliphatic hydroxyl groups is 1. The highest BCUT2D eigenvalue weighted by molar-refractivity contribution is 7.80. The predicted molar refractivity (Wildman–Crippen MR) is 452 cm³/mol. The van der Waals surface area contributed by atoms with Crippen molar-refractivity contribution in [2.24, 2.45) is 17.4 Å². The summed E-state index contributed by atoms with van der Waals surface area (Å²) in [7, 11) is 0. The summed E-state index contributed by atoms with van der Waals surface area (Å²) in [6, 6.07) is -14.1. The first-order chi connectivity index (χ1) is 58.2. The van der Waals surface area contributed by atoms with Crippen LogP contribution >= 0.6 is 12.6 Å². The zero-order valence-electron chi connectivity index (χ0n) is 71.7. The summed E-state index contributed by atoms with van der Waals surface area (Å²) in [5, 5.41) is 90.1. The molecule has 0 saturated carbocycles. The zero-order chi connectivity index (χ0) is 92.5. The third-order valence-electron chi connectivity index (χ3n) is 19.9. The Morgan fingerprint density at radius 3 is 1.18 bits per heavy atom. The lowest BCUT2D eigenvalue weighted by molar-refractivity contribution is -0.144. The number of amides is 15. The number of phenols is 1. The highest BCUT2D eigenvalue weighted by Gasteiger charge is 2.38. The predicted octanol–water partition coefficient (Wildman–Crippen LogP) is 1.10. The molecule has 694 valence electrons. The average molecular weight is 1760 g/mol. The molecule has 123 heavy (non-hydrogen) atoms. The summed E-state index contributed by atoms with van der Waals surface area (Å²) in [5.41, 5.74) is 10.7. The number of primary amides is 2. The van der Waals surface area contributed by atoms with Crippen molar-refractivity contribution < 1.29 is 122 Å². The minimum atomic E-state index is -1.90. The number of phenolic OH excluding ortho intramolecular Hbond substituents is 1. The number of carbonyl (C=O) groups is 19. The second-order valence-electron chi connectivity index (χ2n) is 31.1. The quantitative estimate of drug-likeness (QED) is 0.0321. The van der Waals surface area contributed by atoms with Gasteiger partial charge in [0.2, 0.25) is 88.6 Å². The molecule has 15 amide bonds. The molecule has 1 rings (SSSR count). The van der Waals surface area contributed by atoms with Crippen LogP contribution in [0.5, 0.6) is 5.75 Å². The average Bonchev–Trinajstić information content (AvgIpc) is 0.850. The fourth-order valence-corrected chi connectivity index (χ4v) is 12.9. The van der Waals surface area contributed by atoms with Crippen LogP contribution in [0.15, 0.2) is 24.3 Å². The molecule has 0 aliphatic carbocycles. The van der Waals surface area contributed by atoms with Gasteiger partial charge in [-0.2, -0.15) is 12.6 Å². The summed E-state index contributed by atoms with van der Waals surface area (Å²) in [4.78, 5) is 251. The van der Waals surface area contributed by atoms with Crippen LogP contribution in [-0.4, -0.2) is 235 Å². The standard InChI is InChI=1S/C82H135N15O25S/c1-7-9-11-13-15-17-19-21-23-25-27-30-64(102)86-47-60(89-65(103)31-28-26-24-22-20-18-16-14-12-10-8-2)73(112)85-43-29-32-66(104)88-58(46-69(109)110)78(117)93-57(44-52-33-35-53(99)36-34-52)77(116)91-56(39-42-68(107)108)76(115)96-70(49(3)4)80(119)92-55(38-41-67(105)106)75(114)90-54(37-40-62(83)100)74(113)87-50(5)72(111)95-61(48-123)79(118)97-71(51(6)98)81(120)94-59(82(121)122)45-63(84)101/h33-36,49-51,54-61,70-71,98-99,123H,7-32,37-48H2,1-6H3,(H2,83,100)(H2,84,101)(H,85,112)(H,86,102)(H,87,113)(H,88,104)(H,89,103)(H,90,114)(H,91,116)(H,92,119)(H,93,117)(H,94,120)(H,95,111)(H,96,115)(H,97,118)(H,105,106)(H,107,108)(H,109,110)(H,121,122)/t50-,51+,54-,55-,56-,57-,58-,59-,60?,61-,70-,71-/m0/s1. The lowest BCUT2D eigenvalue weighted by Gasteiger charge is -2.29. The first-order valence-corrected chi connectivity index (χ1v) is 43.2. The van der Waals surface area contributed by atoms with Crippen LogP contribution in [0.3, 0.4) is 0 Å². The molecule has 0 saturated heterocycles. The summed E-state index contributed by atoms with van der Waals surface area (Å²) in [6.07, 6.45) is 15.2. The van der Waals surface area contributed by atoms with Gasteiger partial charge in [0, 0.05) is 63.8 Å².